The molecular weight excluding hydrogens is 452 g/mol. The number of aliphatic hydroxyl groups is 1. The lowest BCUT2D eigenvalue weighted by molar-refractivity contribution is -0.211. The Morgan fingerprint density at radius 2 is 1.71 bits per heavy atom. The van der Waals surface area contributed by atoms with Gasteiger partial charge in [-0.15, -0.1) is 0 Å². The highest BCUT2D eigenvalue weighted by Gasteiger charge is 2.69. The first-order chi connectivity index (χ1) is 16.3. The van der Waals surface area contributed by atoms with E-state index in [2.05, 4.69) is 6.92 Å². The highest BCUT2D eigenvalue weighted by atomic mass is 16.6. The Kier molecular flexibility index (Phi) is 6.84. The molecule has 4 rings (SSSR count). The van der Waals surface area contributed by atoms with E-state index in [1.165, 1.54) is 20.8 Å². The SMILES string of the molecule is CC(=O)OC[C@H](OC(C)=O)[C@]1(O)CC[C@@H]2[C@@H]3CC[C@@H]4C[C@H](OC(C)=O)CC[C@]4(C)[C@H]3C(=O)C[C@@]21C. The van der Waals surface area contributed by atoms with Crippen LogP contribution in [-0.4, -0.2) is 53.2 Å². The summed E-state index contributed by atoms with van der Waals surface area (Å²) in [6, 6.07) is 0. The molecule has 4 aliphatic rings. The molecule has 0 aromatic carbocycles. The van der Waals surface area contributed by atoms with E-state index >= 15 is 0 Å². The van der Waals surface area contributed by atoms with Crippen LogP contribution >= 0.6 is 0 Å². The quantitative estimate of drug-likeness (QED) is 0.459. The summed E-state index contributed by atoms with van der Waals surface area (Å²) in [5.41, 5.74) is -2.38. The molecule has 0 aromatic heterocycles. The van der Waals surface area contributed by atoms with Gasteiger partial charge in [0.25, 0.3) is 0 Å². The molecule has 0 heterocycles. The van der Waals surface area contributed by atoms with Gasteiger partial charge in [-0.3, -0.25) is 19.2 Å². The van der Waals surface area contributed by atoms with Crippen LogP contribution in [0.4, 0.5) is 0 Å². The van der Waals surface area contributed by atoms with Crippen molar-refractivity contribution in [3.63, 3.8) is 0 Å². The summed E-state index contributed by atoms with van der Waals surface area (Å²) in [6.07, 6.45) is 4.51. The lowest BCUT2D eigenvalue weighted by Gasteiger charge is -2.61. The minimum atomic E-state index is -1.45. The number of esters is 3. The molecule has 4 aliphatic carbocycles. The van der Waals surface area contributed by atoms with Gasteiger partial charge in [-0.25, -0.2) is 0 Å². The van der Waals surface area contributed by atoms with Crippen molar-refractivity contribution in [3.8, 4) is 0 Å². The van der Waals surface area contributed by atoms with Crippen LogP contribution in [-0.2, 0) is 33.4 Å². The molecule has 196 valence electrons. The molecule has 0 saturated heterocycles. The molecule has 0 aliphatic heterocycles. The van der Waals surface area contributed by atoms with Crippen molar-refractivity contribution in [3.05, 3.63) is 0 Å². The van der Waals surface area contributed by atoms with Crippen molar-refractivity contribution in [2.24, 2.45) is 34.5 Å². The van der Waals surface area contributed by atoms with E-state index in [0.717, 1.165) is 38.5 Å². The number of rotatable bonds is 5. The maximum absolute atomic E-state index is 13.9. The van der Waals surface area contributed by atoms with Gasteiger partial charge in [-0.2, -0.15) is 0 Å². The molecule has 9 atom stereocenters. The van der Waals surface area contributed by atoms with E-state index in [0.29, 0.717) is 12.3 Å². The van der Waals surface area contributed by atoms with Crippen LogP contribution in [0, 0.1) is 34.5 Å². The fraction of sp³-hybridized carbons (Fsp3) is 0.852. The van der Waals surface area contributed by atoms with Gasteiger partial charge >= 0.3 is 17.9 Å². The van der Waals surface area contributed by atoms with Crippen LogP contribution in [0.2, 0.25) is 0 Å². The van der Waals surface area contributed by atoms with Crippen molar-refractivity contribution in [2.75, 3.05) is 6.61 Å². The molecule has 4 saturated carbocycles. The van der Waals surface area contributed by atoms with E-state index in [1.807, 2.05) is 6.92 Å². The van der Waals surface area contributed by atoms with Crippen LogP contribution in [0.1, 0.15) is 86.0 Å². The number of fused-ring (bicyclic) bond motifs is 5. The number of hydrogen-bond acceptors (Lipinski definition) is 8. The third-order valence-corrected chi connectivity index (χ3v) is 10.1. The zero-order chi connectivity index (χ0) is 25.8. The Balaban J connectivity index is 1.60. The zero-order valence-corrected chi connectivity index (χ0v) is 21.6. The molecule has 0 radical (unpaired) electrons. The number of carbonyl (C=O) groups excluding carboxylic acids is 4. The molecule has 0 spiro atoms. The Hall–Kier alpha value is -1.96. The summed E-state index contributed by atoms with van der Waals surface area (Å²) >= 11 is 0. The van der Waals surface area contributed by atoms with Gasteiger partial charge < -0.3 is 19.3 Å². The van der Waals surface area contributed by atoms with Crippen molar-refractivity contribution in [1.82, 2.24) is 0 Å². The molecule has 4 fully saturated rings. The molecule has 35 heavy (non-hydrogen) atoms. The molecular formula is C27H40O8. The third-order valence-electron chi connectivity index (χ3n) is 10.1. The summed E-state index contributed by atoms with van der Waals surface area (Å²) in [5, 5.41) is 12.0. The zero-order valence-electron chi connectivity index (χ0n) is 21.6. The summed E-state index contributed by atoms with van der Waals surface area (Å²) in [4.78, 5) is 48.8. The first kappa shape index (κ1) is 26.1. The summed E-state index contributed by atoms with van der Waals surface area (Å²) in [6.45, 7) is 7.96. The van der Waals surface area contributed by atoms with Crippen molar-refractivity contribution in [2.45, 2.75) is 104 Å². The molecule has 8 nitrogen and oxygen atoms in total. The molecule has 0 amide bonds. The van der Waals surface area contributed by atoms with Gasteiger partial charge in [0.15, 0.2) is 6.10 Å². The molecule has 0 unspecified atom stereocenters. The Labute approximate surface area is 207 Å². The summed E-state index contributed by atoms with van der Waals surface area (Å²) in [7, 11) is 0. The van der Waals surface area contributed by atoms with Gasteiger partial charge in [0, 0.05) is 38.5 Å². The highest BCUT2D eigenvalue weighted by Crippen LogP contribution is 2.68. The molecule has 8 heteroatoms. The van der Waals surface area contributed by atoms with Crippen molar-refractivity contribution < 1.29 is 38.5 Å². The standard InChI is InChI=1S/C27H40O8/c1-15(28)33-14-23(35-17(3)30)27(32)11-9-21-20-7-6-18-12-19(34-16(2)29)8-10-25(18,4)24(20)22(31)13-26(21,27)5/h18-21,23-24,32H,6-14H2,1-5H3/t18-,19-,20+,21-,23+,24-,25+,26+,27-/m1/s1. The van der Waals surface area contributed by atoms with Gasteiger partial charge in [0.2, 0.25) is 0 Å². The Morgan fingerprint density at radius 1 is 1.00 bits per heavy atom. The maximum atomic E-state index is 13.9. The fourth-order valence-electron chi connectivity index (χ4n) is 8.60. The van der Waals surface area contributed by atoms with Crippen LogP contribution < -0.4 is 0 Å². The van der Waals surface area contributed by atoms with E-state index in [-0.39, 0.29) is 54.1 Å². The Morgan fingerprint density at radius 3 is 2.34 bits per heavy atom. The lowest BCUT2D eigenvalue weighted by Crippen LogP contribution is -2.63. The van der Waals surface area contributed by atoms with Crippen LogP contribution in [0.25, 0.3) is 0 Å². The topological polar surface area (TPSA) is 116 Å². The Bertz CT molecular complexity index is 900. The van der Waals surface area contributed by atoms with Gasteiger partial charge in [0.05, 0.1) is 0 Å². The van der Waals surface area contributed by atoms with E-state index in [9.17, 15) is 24.3 Å². The largest absolute Gasteiger partial charge is 0.463 e. The first-order valence-corrected chi connectivity index (χ1v) is 13.0. The fourth-order valence-corrected chi connectivity index (χ4v) is 8.60. The highest BCUT2D eigenvalue weighted by molar-refractivity contribution is 5.84. The van der Waals surface area contributed by atoms with Gasteiger partial charge in [-0.05, 0) is 68.1 Å². The number of ketones is 1. The number of hydrogen-bond donors (Lipinski definition) is 1. The minimum absolute atomic E-state index is 0.0755. The van der Waals surface area contributed by atoms with Crippen LogP contribution in [0.3, 0.4) is 0 Å². The van der Waals surface area contributed by atoms with Gasteiger partial charge in [0.1, 0.15) is 24.1 Å². The van der Waals surface area contributed by atoms with Crippen molar-refractivity contribution >= 4 is 23.7 Å². The molecule has 0 aromatic rings. The maximum Gasteiger partial charge on any atom is 0.303 e. The number of Topliss-reactive ketones (excluding diaryl/α,β-unsaturated/α-hetero) is 1. The smallest absolute Gasteiger partial charge is 0.303 e. The van der Waals surface area contributed by atoms with Crippen LogP contribution in [0.15, 0.2) is 0 Å². The predicted molar refractivity (Wildman–Crippen MR) is 125 cm³/mol. The third kappa shape index (κ3) is 4.30. The van der Waals surface area contributed by atoms with Crippen LogP contribution in [0.5, 0.6) is 0 Å². The molecule has 0 bridgehead atoms. The summed E-state index contributed by atoms with van der Waals surface area (Å²) < 4.78 is 16.2. The second kappa shape index (κ2) is 9.16. The monoisotopic (exact) mass is 492 g/mol. The average molecular weight is 493 g/mol. The second-order valence-electron chi connectivity index (χ2n) is 12.0. The van der Waals surface area contributed by atoms with E-state index < -0.39 is 29.1 Å². The number of carbonyl (C=O) groups is 4. The van der Waals surface area contributed by atoms with E-state index in [4.69, 9.17) is 14.2 Å². The van der Waals surface area contributed by atoms with Crippen molar-refractivity contribution in [1.29, 1.82) is 0 Å². The molecule has 1 N–H and O–H groups in total. The first-order valence-electron chi connectivity index (χ1n) is 13.0. The minimum Gasteiger partial charge on any atom is -0.463 e. The lowest BCUT2D eigenvalue weighted by atomic mass is 9.44. The van der Waals surface area contributed by atoms with E-state index in [1.54, 1.807) is 0 Å². The number of ether oxygens (including phenoxy) is 3. The normalized spacial score (nSPS) is 43.3. The summed E-state index contributed by atoms with van der Waals surface area (Å²) in [5.74, 6) is -0.655. The average Bonchev–Trinajstić information content (AvgIpc) is 3.01. The van der Waals surface area contributed by atoms with Gasteiger partial charge in [-0.1, -0.05) is 13.8 Å². The second-order valence-corrected chi connectivity index (χ2v) is 12.0. The predicted octanol–water partition coefficient (Wildman–Crippen LogP) is 3.37.